The summed E-state index contributed by atoms with van der Waals surface area (Å²) in [6.07, 6.45) is 6.17. The van der Waals surface area contributed by atoms with Gasteiger partial charge in [0.1, 0.15) is 5.82 Å². The molecule has 1 aliphatic heterocycles. The lowest BCUT2D eigenvalue weighted by molar-refractivity contribution is -0.0885. The van der Waals surface area contributed by atoms with Crippen molar-refractivity contribution in [3.05, 3.63) is 35.6 Å². The van der Waals surface area contributed by atoms with E-state index in [4.69, 9.17) is 10.5 Å². The normalized spacial score (nSPS) is 28.1. The van der Waals surface area contributed by atoms with Gasteiger partial charge in [-0.05, 0) is 25.3 Å². The van der Waals surface area contributed by atoms with Crippen molar-refractivity contribution in [2.45, 2.75) is 50.3 Å². The van der Waals surface area contributed by atoms with Crippen LogP contribution in [0.3, 0.4) is 0 Å². The van der Waals surface area contributed by atoms with Crippen molar-refractivity contribution in [1.82, 2.24) is 4.90 Å². The van der Waals surface area contributed by atoms with E-state index >= 15 is 0 Å². The Balaban J connectivity index is 1.58. The Kier molecular flexibility index (Phi) is 4.88. The van der Waals surface area contributed by atoms with Gasteiger partial charge < -0.3 is 10.5 Å². The van der Waals surface area contributed by atoms with E-state index in [9.17, 15) is 4.39 Å². The highest BCUT2D eigenvalue weighted by Gasteiger charge is 2.33. The fraction of sp³-hybridized carbons (Fsp3) is 0.647. The van der Waals surface area contributed by atoms with Gasteiger partial charge >= 0.3 is 0 Å². The van der Waals surface area contributed by atoms with E-state index in [1.54, 1.807) is 12.1 Å². The molecule has 3 unspecified atom stereocenters. The zero-order valence-corrected chi connectivity index (χ0v) is 12.5. The molecule has 1 saturated carbocycles. The second-order valence-corrected chi connectivity index (χ2v) is 6.21. The molecule has 0 aromatic heterocycles. The minimum absolute atomic E-state index is 0.192. The minimum Gasteiger partial charge on any atom is -0.375 e. The van der Waals surface area contributed by atoms with Crippen molar-refractivity contribution in [3.63, 3.8) is 0 Å². The maximum absolute atomic E-state index is 13.8. The largest absolute Gasteiger partial charge is 0.375 e. The third-order valence-electron chi connectivity index (χ3n) is 4.88. The molecule has 116 valence electrons. The fourth-order valence-corrected chi connectivity index (χ4v) is 3.69. The summed E-state index contributed by atoms with van der Waals surface area (Å²) in [5, 5.41) is 0. The number of rotatable bonds is 4. The number of nitrogens with zero attached hydrogens (tertiary/aromatic N) is 1. The summed E-state index contributed by atoms with van der Waals surface area (Å²) < 4.78 is 19.7. The highest BCUT2D eigenvalue weighted by Crippen LogP contribution is 2.29. The number of morpholine rings is 1. The molecular weight excluding hydrogens is 267 g/mol. The summed E-state index contributed by atoms with van der Waals surface area (Å²) in [7, 11) is 0. The van der Waals surface area contributed by atoms with E-state index < -0.39 is 0 Å². The van der Waals surface area contributed by atoms with Crippen LogP contribution in [0, 0.1) is 5.82 Å². The lowest BCUT2D eigenvalue weighted by Crippen LogP contribution is -2.53. The number of benzene rings is 1. The molecule has 2 fully saturated rings. The molecule has 1 saturated heterocycles. The molecule has 3 nitrogen and oxygen atoms in total. The number of ether oxygens (including phenoxy) is 1. The fourth-order valence-electron chi connectivity index (χ4n) is 3.69. The molecule has 4 heteroatoms. The van der Waals surface area contributed by atoms with Gasteiger partial charge in [-0.15, -0.1) is 0 Å². The first-order valence-electron chi connectivity index (χ1n) is 8.11. The lowest BCUT2D eigenvalue weighted by Gasteiger charge is -2.44. The first kappa shape index (κ1) is 14.9. The quantitative estimate of drug-likeness (QED) is 0.927. The Labute approximate surface area is 126 Å². The third kappa shape index (κ3) is 3.44. The van der Waals surface area contributed by atoms with Gasteiger partial charge in [-0.3, -0.25) is 4.90 Å². The Bertz CT molecular complexity index is 466. The zero-order valence-electron chi connectivity index (χ0n) is 12.5. The van der Waals surface area contributed by atoms with Crippen molar-refractivity contribution in [2.24, 2.45) is 5.73 Å². The molecule has 2 N–H and O–H groups in total. The van der Waals surface area contributed by atoms with Crippen molar-refractivity contribution in [2.75, 3.05) is 19.7 Å². The molecule has 1 aliphatic carbocycles. The first-order valence-corrected chi connectivity index (χ1v) is 8.11. The summed E-state index contributed by atoms with van der Waals surface area (Å²) in [4.78, 5) is 2.51. The number of nitrogens with two attached hydrogens (primary N) is 1. The molecule has 0 bridgehead atoms. The molecule has 0 amide bonds. The van der Waals surface area contributed by atoms with Crippen LogP contribution in [0.1, 0.15) is 43.7 Å². The third-order valence-corrected chi connectivity index (χ3v) is 4.88. The molecular formula is C17H25FN2O. The lowest BCUT2D eigenvalue weighted by atomic mass is 9.90. The summed E-state index contributed by atoms with van der Waals surface area (Å²) >= 11 is 0. The van der Waals surface area contributed by atoms with Gasteiger partial charge in [0.15, 0.2) is 0 Å². The van der Waals surface area contributed by atoms with Gasteiger partial charge in [0.2, 0.25) is 0 Å². The highest BCUT2D eigenvalue weighted by molar-refractivity contribution is 5.20. The molecule has 21 heavy (non-hydrogen) atoms. The van der Waals surface area contributed by atoms with E-state index in [1.165, 1.54) is 31.7 Å². The maximum Gasteiger partial charge on any atom is 0.127 e. The van der Waals surface area contributed by atoms with Gasteiger partial charge in [-0.25, -0.2) is 4.39 Å². The van der Waals surface area contributed by atoms with Crippen LogP contribution in [0.4, 0.5) is 4.39 Å². The van der Waals surface area contributed by atoms with Gasteiger partial charge in [0.05, 0.1) is 12.7 Å². The maximum atomic E-state index is 13.8. The van der Waals surface area contributed by atoms with Crippen molar-refractivity contribution >= 4 is 0 Å². The number of halogens is 1. The van der Waals surface area contributed by atoms with Crippen LogP contribution in [0.25, 0.3) is 0 Å². The highest BCUT2D eigenvalue weighted by atomic mass is 19.1. The summed E-state index contributed by atoms with van der Waals surface area (Å²) in [5.41, 5.74) is 6.81. The van der Waals surface area contributed by atoms with Gasteiger partial charge in [0.25, 0.3) is 0 Å². The predicted octanol–water partition coefficient (Wildman–Crippen LogP) is 2.86. The molecule has 2 aliphatic rings. The van der Waals surface area contributed by atoms with Crippen molar-refractivity contribution in [1.29, 1.82) is 0 Å². The summed E-state index contributed by atoms with van der Waals surface area (Å²) in [6.45, 7) is 2.72. The van der Waals surface area contributed by atoms with Crippen LogP contribution in [0.2, 0.25) is 0 Å². The molecule has 3 rings (SSSR count). The molecule has 1 aromatic rings. The second kappa shape index (κ2) is 6.86. The smallest absolute Gasteiger partial charge is 0.127 e. The van der Waals surface area contributed by atoms with Gasteiger partial charge in [-0.2, -0.15) is 0 Å². The minimum atomic E-state index is -0.226. The van der Waals surface area contributed by atoms with Gasteiger partial charge in [-0.1, -0.05) is 31.0 Å². The SMILES string of the molecule is NC(CCN1CCOC2CCCCC21)c1ccccc1F. The predicted molar refractivity (Wildman–Crippen MR) is 81.5 cm³/mol. The molecule has 0 radical (unpaired) electrons. The summed E-state index contributed by atoms with van der Waals surface area (Å²) in [6, 6.07) is 7.16. The molecule has 0 spiro atoms. The van der Waals surface area contributed by atoms with Gasteiger partial charge in [0, 0.05) is 30.7 Å². The van der Waals surface area contributed by atoms with Crippen LogP contribution in [-0.4, -0.2) is 36.7 Å². The monoisotopic (exact) mass is 292 g/mol. The van der Waals surface area contributed by atoms with E-state index in [1.807, 2.05) is 6.07 Å². The van der Waals surface area contributed by atoms with E-state index in [0.29, 0.717) is 17.7 Å². The average Bonchev–Trinajstić information content (AvgIpc) is 2.53. The standard InChI is InChI=1S/C17H25FN2O/c18-14-6-2-1-5-13(14)15(19)9-10-20-11-12-21-17-8-4-3-7-16(17)20/h1-2,5-6,15-17H,3-4,7-12,19H2. The Morgan fingerprint density at radius 2 is 2.10 bits per heavy atom. The van der Waals surface area contributed by atoms with Crippen molar-refractivity contribution < 1.29 is 9.13 Å². The molecule has 1 heterocycles. The Morgan fingerprint density at radius 1 is 1.29 bits per heavy atom. The first-order chi connectivity index (χ1) is 10.3. The number of fused-ring (bicyclic) bond motifs is 1. The number of hydrogen-bond donors (Lipinski definition) is 1. The average molecular weight is 292 g/mol. The van der Waals surface area contributed by atoms with E-state index in [-0.39, 0.29) is 11.9 Å². The number of hydrogen-bond acceptors (Lipinski definition) is 3. The topological polar surface area (TPSA) is 38.5 Å². The van der Waals surface area contributed by atoms with Crippen LogP contribution in [0.5, 0.6) is 0 Å². The van der Waals surface area contributed by atoms with Crippen LogP contribution in [-0.2, 0) is 4.74 Å². The van der Waals surface area contributed by atoms with E-state index in [2.05, 4.69) is 4.90 Å². The zero-order chi connectivity index (χ0) is 14.7. The van der Waals surface area contributed by atoms with Crippen LogP contribution >= 0.6 is 0 Å². The summed E-state index contributed by atoms with van der Waals surface area (Å²) in [5.74, 6) is -0.192. The van der Waals surface area contributed by atoms with Crippen molar-refractivity contribution in [3.8, 4) is 0 Å². The van der Waals surface area contributed by atoms with Crippen LogP contribution in [0.15, 0.2) is 24.3 Å². The molecule has 3 atom stereocenters. The molecule has 1 aromatic carbocycles. The second-order valence-electron chi connectivity index (χ2n) is 6.21. The van der Waals surface area contributed by atoms with E-state index in [0.717, 1.165) is 26.1 Å². The Morgan fingerprint density at radius 3 is 2.95 bits per heavy atom. The van der Waals surface area contributed by atoms with Crippen LogP contribution < -0.4 is 5.73 Å². The Hall–Kier alpha value is -0.970.